The maximum absolute atomic E-state index is 11.8. The summed E-state index contributed by atoms with van der Waals surface area (Å²) in [7, 11) is 1.79. The summed E-state index contributed by atoms with van der Waals surface area (Å²) in [5.74, 6) is 1.36. The van der Waals surface area contributed by atoms with E-state index in [4.69, 9.17) is 4.52 Å². The van der Waals surface area contributed by atoms with E-state index in [1.807, 2.05) is 30.3 Å². The van der Waals surface area contributed by atoms with Crippen LogP contribution in [0.5, 0.6) is 0 Å². The van der Waals surface area contributed by atoms with Gasteiger partial charge in [-0.15, -0.1) is 0 Å². The van der Waals surface area contributed by atoms with Gasteiger partial charge in [0.15, 0.2) is 5.82 Å². The molecule has 0 bridgehead atoms. The maximum atomic E-state index is 11.8. The summed E-state index contributed by atoms with van der Waals surface area (Å²) in [6.45, 7) is 0. The van der Waals surface area contributed by atoms with Crippen molar-refractivity contribution in [1.82, 2.24) is 19.9 Å². The Kier molecular flexibility index (Phi) is 3.95. The van der Waals surface area contributed by atoms with Gasteiger partial charge in [0.05, 0.1) is 0 Å². The fourth-order valence-corrected chi connectivity index (χ4v) is 1.97. The van der Waals surface area contributed by atoms with E-state index in [0.29, 0.717) is 24.0 Å². The Hall–Kier alpha value is -2.96. The lowest BCUT2D eigenvalue weighted by atomic mass is 10.2. The molecule has 0 saturated heterocycles. The Morgan fingerprint density at radius 2 is 2.09 bits per heavy atom. The van der Waals surface area contributed by atoms with Crippen LogP contribution in [0.3, 0.4) is 0 Å². The molecule has 3 aromatic rings. The summed E-state index contributed by atoms with van der Waals surface area (Å²) in [5.41, 5.74) is 0.885. The van der Waals surface area contributed by atoms with E-state index < -0.39 is 0 Å². The monoisotopic (exact) mass is 297 g/mol. The molecule has 0 unspecified atom stereocenters. The fraction of sp³-hybridized carbons (Fsp3) is 0.200. The molecule has 2 heterocycles. The van der Waals surface area contributed by atoms with Gasteiger partial charge in [-0.25, -0.2) is 0 Å². The van der Waals surface area contributed by atoms with Gasteiger partial charge in [-0.05, 0) is 0 Å². The summed E-state index contributed by atoms with van der Waals surface area (Å²) < 4.78 is 6.79. The molecule has 112 valence electrons. The summed E-state index contributed by atoms with van der Waals surface area (Å²) in [6, 6.07) is 11.3. The van der Waals surface area contributed by atoms with Crippen molar-refractivity contribution in [2.45, 2.75) is 12.8 Å². The minimum absolute atomic E-state index is 0.141. The lowest BCUT2D eigenvalue weighted by molar-refractivity contribution is -0.116. The van der Waals surface area contributed by atoms with Crippen LogP contribution >= 0.6 is 0 Å². The van der Waals surface area contributed by atoms with Crippen molar-refractivity contribution in [3.63, 3.8) is 0 Å². The predicted molar refractivity (Wildman–Crippen MR) is 79.9 cm³/mol. The molecule has 0 aliphatic rings. The molecule has 3 rings (SSSR count). The second-order valence-electron chi connectivity index (χ2n) is 4.80. The van der Waals surface area contributed by atoms with Crippen LogP contribution in [0.25, 0.3) is 11.4 Å². The van der Waals surface area contributed by atoms with Gasteiger partial charge in [0, 0.05) is 37.7 Å². The Balaban J connectivity index is 1.56. The van der Waals surface area contributed by atoms with Gasteiger partial charge in [-0.3, -0.25) is 9.48 Å². The third-order valence-electron chi connectivity index (χ3n) is 3.05. The Morgan fingerprint density at radius 1 is 1.27 bits per heavy atom. The summed E-state index contributed by atoms with van der Waals surface area (Å²) in [4.78, 5) is 16.1. The number of rotatable bonds is 5. The minimum Gasteiger partial charge on any atom is -0.339 e. The molecule has 0 radical (unpaired) electrons. The quantitative estimate of drug-likeness (QED) is 0.779. The molecule has 0 aliphatic carbocycles. The Morgan fingerprint density at radius 3 is 2.82 bits per heavy atom. The third-order valence-corrected chi connectivity index (χ3v) is 3.05. The molecule has 1 amide bonds. The molecule has 0 atom stereocenters. The predicted octanol–water partition coefficient (Wildman–Crippen LogP) is 2.04. The molecule has 2 aromatic heterocycles. The van der Waals surface area contributed by atoms with Crippen LogP contribution in [0, 0.1) is 0 Å². The first kappa shape index (κ1) is 14.0. The van der Waals surface area contributed by atoms with E-state index in [-0.39, 0.29) is 12.3 Å². The van der Waals surface area contributed by atoms with Gasteiger partial charge in [-0.2, -0.15) is 10.1 Å². The first-order chi connectivity index (χ1) is 10.7. The SMILES string of the molecule is Cn1ccc(NC(=O)CCc2nc(-c3ccccc3)no2)n1. The van der Waals surface area contributed by atoms with Gasteiger partial charge >= 0.3 is 0 Å². The lowest BCUT2D eigenvalue weighted by Gasteiger charge is -1.99. The highest BCUT2D eigenvalue weighted by molar-refractivity contribution is 5.89. The van der Waals surface area contributed by atoms with Crippen molar-refractivity contribution >= 4 is 11.7 Å². The second kappa shape index (κ2) is 6.21. The molecule has 0 saturated carbocycles. The van der Waals surface area contributed by atoms with Crippen molar-refractivity contribution in [1.29, 1.82) is 0 Å². The average Bonchev–Trinajstić information content (AvgIpc) is 3.15. The van der Waals surface area contributed by atoms with E-state index in [1.165, 1.54) is 0 Å². The number of aromatic nitrogens is 4. The first-order valence-electron chi connectivity index (χ1n) is 6.88. The average molecular weight is 297 g/mol. The smallest absolute Gasteiger partial charge is 0.227 e. The lowest BCUT2D eigenvalue weighted by Crippen LogP contribution is -2.13. The fourth-order valence-electron chi connectivity index (χ4n) is 1.97. The van der Waals surface area contributed by atoms with Crippen LogP contribution in [0.15, 0.2) is 47.1 Å². The molecule has 1 N–H and O–H groups in total. The van der Waals surface area contributed by atoms with E-state index in [9.17, 15) is 4.79 Å². The zero-order valence-corrected chi connectivity index (χ0v) is 12.1. The zero-order valence-electron chi connectivity index (χ0n) is 12.1. The molecule has 7 nitrogen and oxygen atoms in total. The summed E-state index contributed by atoms with van der Waals surface area (Å²) in [6.07, 6.45) is 2.41. The molecule has 1 aromatic carbocycles. The number of anilines is 1. The number of aryl methyl sites for hydroxylation is 2. The molecular weight excluding hydrogens is 282 g/mol. The van der Waals surface area contributed by atoms with E-state index in [0.717, 1.165) is 5.56 Å². The number of hydrogen-bond donors (Lipinski definition) is 1. The van der Waals surface area contributed by atoms with Gasteiger partial charge in [-0.1, -0.05) is 35.5 Å². The van der Waals surface area contributed by atoms with Crippen molar-refractivity contribution < 1.29 is 9.32 Å². The van der Waals surface area contributed by atoms with Crippen LogP contribution in [0.2, 0.25) is 0 Å². The maximum Gasteiger partial charge on any atom is 0.227 e. The first-order valence-corrected chi connectivity index (χ1v) is 6.88. The van der Waals surface area contributed by atoms with Crippen molar-refractivity contribution in [2.75, 3.05) is 5.32 Å². The second-order valence-corrected chi connectivity index (χ2v) is 4.80. The van der Waals surface area contributed by atoms with Crippen LogP contribution in [0.4, 0.5) is 5.82 Å². The highest BCUT2D eigenvalue weighted by Crippen LogP contribution is 2.15. The number of nitrogens with zero attached hydrogens (tertiary/aromatic N) is 4. The van der Waals surface area contributed by atoms with Gasteiger partial charge < -0.3 is 9.84 Å². The minimum atomic E-state index is -0.141. The molecular formula is C15H15N5O2. The van der Waals surface area contributed by atoms with Crippen molar-refractivity contribution in [2.24, 2.45) is 7.05 Å². The number of amides is 1. The molecule has 0 spiro atoms. The molecule has 0 fully saturated rings. The Labute approximate surface area is 127 Å². The van der Waals surface area contributed by atoms with Crippen LogP contribution in [-0.4, -0.2) is 25.8 Å². The van der Waals surface area contributed by atoms with Crippen LogP contribution < -0.4 is 5.32 Å². The largest absolute Gasteiger partial charge is 0.339 e. The number of hydrogen-bond acceptors (Lipinski definition) is 5. The van der Waals surface area contributed by atoms with Crippen molar-refractivity contribution in [3.8, 4) is 11.4 Å². The van der Waals surface area contributed by atoms with E-state index in [2.05, 4.69) is 20.6 Å². The molecule has 7 heteroatoms. The summed E-state index contributed by atoms with van der Waals surface area (Å²) in [5, 5.41) is 10.7. The third kappa shape index (κ3) is 3.38. The van der Waals surface area contributed by atoms with Gasteiger partial charge in [0.2, 0.25) is 17.6 Å². The van der Waals surface area contributed by atoms with E-state index in [1.54, 1.807) is 24.0 Å². The standard InChI is InChI=1S/C15H15N5O2/c1-20-10-9-12(18-20)16-13(21)7-8-14-17-15(19-22-14)11-5-3-2-4-6-11/h2-6,9-10H,7-8H2,1H3,(H,16,18,21). The van der Waals surface area contributed by atoms with Gasteiger partial charge in [0.25, 0.3) is 0 Å². The highest BCUT2D eigenvalue weighted by Gasteiger charge is 2.11. The summed E-state index contributed by atoms with van der Waals surface area (Å²) >= 11 is 0. The normalized spacial score (nSPS) is 10.6. The number of carbonyl (C=O) groups is 1. The van der Waals surface area contributed by atoms with Crippen LogP contribution in [-0.2, 0) is 18.3 Å². The van der Waals surface area contributed by atoms with Crippen molar-refractivity contribution in [3.05, 3.63) is 48.5 Å². The van der Waals surface area contributed by atoms with Crippen LogP contribution in [0.1, 0.15) is 12.3 Å². The van der Waals surface area contributed by atoms with Gasteiger partial charge in [0.1, 0.15) is 0 Å². The topological polar surface area (TPSA) is 85.8 Å². The number of benzene rings is 1. The zero-order chi connectivity index (χ0) is 15.4. The Bertz CT molecular complexity index is 763. The molecule has 22 heavy (non-hydrogen) atoms. The molecule has 0 aliphatic heterocycles. The number of carbonyl (C=O) groups excluding carboxylic acids is 1. The number of nitrogens with one attached hydrogen (secondary N) is 1. The van der Waals surface area contributed by atoms with E-state index >= 15 is 0 Å². The highest BCUT2D eigenvalue weighted by atomic mass is 16.5.